The van der Waals surface area contributed by atoms with Gasteiger partial charge in [-0.1, -0.05) is 13.8 Å². The largest absolute Gasteiger partial charge is 0.380 e. The highest BCUT2D eigenvalue weighted by atomic mass is 16.5. The molecule has 0 amide bonds. The highest BCUT2D eigenvalue weighted by Gasteiger charge is 2.18. The van der Waals surface area contributed by atoms with Gasteiger partial charge in [0, 0.05) is 25.8 Å². The van der Waals surface area contributed by atoms with Crippen LogP contribution in [0.4, 0.5) is 0 Å². The van der Waals surface area contributed by atoms with Crippen LogP contribution in [0.25, 0.3) is 0 Å². The summed E-state index contributed by atoms with van der Waals surface area (Å²) in [4.78, 5) is 0. The maximum absolute atomic E-state index is 5.58. The zero-order valence-electron chi connectivity index (χ0n) is 10.3. The van der Waals surface area contributed by atoms with E-state index in [1.54, 1.807) is 0 Å². The molecule has 0 saturated carbocycles. The molecular weight excluding hydrogens is 190 g/mol. The van der Waals surface area contributed by atoms with Crippen molar-refractivity contribution in [1.82, 2.24) is 5.32 Å². The molecule has 1 N–H and O–H groups in total. The molecule has 3 heteroatoms. The molecule has 0 aliphatic carbocycles. The quantitative estimate of drug-likeness (QED) is 0.702. The summed E-state index contributed by atoms with van der Waals surface area (Å²) in [7, 11) is 0. The molecule has 0 aromatic rings. The topological polar surface area (TPSA) is 30.5 Å². The maximum Gasteiger partial charge on any atom is 0.0700 e. The van der Waals surface area contributed by atoms with E-state index >= 15 is 0 Å². The third-order valence-electron chi connectivity index (χ3n) is 2.94. The second-order valence-corrected chi connectivity index (χ2v) is 4.55. The van der Waals surface area contributed by atoms with Gasteiger partial charge < -0.3 is 14.8 Å². The first-order chi connectivity index (χ1) is 7.24. The van der Waals surface area contributed by atoms with E-state index in [0.717, 1.165) is 26.4 Å². The van der Waals surface area contributed by atoms with Crippen LogP contribution < -0.4 is 5.32 Å². The molecule has 0 spiro atoms. The summed E-state index contributed by atoms with van der Waals surface area (Å²) in [6, 6.07) is 0.453. The minimum atomic E-state index is 0.424. The van der Waals surface area contributed by atoms with Gasteiger partial charge in [0.25, 0.3) is 0 Å². The van der Waals surface area contributed by atoms with Gasteiger partial charge in [-0.2, -0.15) is 0 Å². The summed E-state index contributed by atoms with van der Waals surface area (Å²) >= 11 is 0. The molecule has 1 saturated heterocycles. The van der Waals surface area contributed by atoms with Crippen LogP contribution >= 0.6 is 0 Å². The predicted octanol–water partition coefficient (Wildman–Crippen LogP) is 1.82. The van der Waals surface area contributed by atoms with Crippen molar-refractivity contribution in [3.8, 4) is 0 Å². The minimum Gasteiger partial charge on any atom is -0.380 e. The molecule has 1 aliphatic rings. The van der Waals surface area contributed by atoms with Crippen molar-refractivity contribution in [3.05, 3.63) is 0 Å². The third-order valence-corrected chi connectivity index (χ3v) is 2.94. The van der Waals surface area contributed by atoms with Gasteiger partial charge in [-0.3, -0.25) is 0 Å². The van der Waals surface area contributed by atoms with Gasteiger partial charge in [0.15, 0.2) is 0 Å². The fourth-order valence-corrected chi connectivity index (χ4v) is 1.82. The highest BCUT2D eigenvalue weighted by molar-refractivity contribution is 4.74. The molecule has 1 rings (SSSR count). The van der Waals surface area contributed by atoms with E-state index in [9.17, 15) is 0 Å². The van der Waals surface area contributed by atoms with E-state index in [1.807, 2.05) is 6.92 Å². The Bertz CT molecular complexity index is 156. The van der Waals surface area contributed by atoms with Gasteiger partial charge in [0.2, 0.25) is 0 Å². The number of nitrogens with one attached hydrogen (secondary N) is 1. The molecule has 1 fully saturated rings. The first kappa shape index (κ1) is 12.9. The molecule has 15 heavy (non-hydrogen) atoms. The summed E-state index contributed by atoms with van der Waals surface area (Å²) in [6.07, 6.45) is 2.84. The molecule has 0 aromatic carbocycles. The van der Waals surface area contributed by atoms with Crippen molar-refractivity contribution in [2.24, 2.45) is 5.92 Å². The second kappa shape index (κ2) is 7.20. The van der Waals surface area contributed by atoms with Crippen LogP contribution in [0.3, 0.4) is 0 Å². The van der Waals surface area contributed by atoms with Crippen molar-refractivity contribution in [3.63, 3.8) is 0 Å². The van der Waals surface area contributed by atoms with Crippen LogP contribution in [0, 0.1) is 5.92 Å². The van der Waals surface area contributed by atoms with Crippen LogP contribution in [-0.2, 0) is 9.47 Å². The molecule has 2 atom stereocenters. The average molecular weight is 215 g/mol. The molecule has 90 valence electrons. The van der Waals surface area contributed by atoms with Crippen molar-refractivity contribution >= 4 is 0 Å². The molecule has 0 aromatic heterocycles. The fraction of sp³-hybridized carbons (Fsp3) is 1.00. The van der Waals surface area contributed by atoms with E-state index < -0.39 is 0 Å². The Morgan fingerprint density at radius 3 is 2.80 bits per heavy atom. The van der Waals surface area contributed by atoms with Gasteiger partial charge in [-0.15, -0.1) is 0 Å². The van der Waals surface area contributed by atoms with Crippen LogP contribution in [0.15, 0.2) is 0 Å². The smallest absolute Gasteiger partial charge is 0.0700 e. The van der Waals surface area contributed by atoms with E-state index in [-0.39, 0.29) is 0 Å². The number of ether oxygens (including phenoxy) is 2. The van der Waals surface area contributed by atoms with Gasteiger partial charge in [0.05, 0.1) is 12.7 Å². The van der Waals surface area contributed by atoms with Gasteiger partial charge in [-0.05, 0) is 25.7 Å². The van der Waals surface area contributed by atoms with Crippen molar-refractivity contribution < 1.29 is 9.47 Å². The van der Waals surface area contributed by atoms with Gasteiger partial charge >= 0.3 is 0 Å². The first-order valence-electron chi connectivity index (χ1n) is 6.16. The normalized spacial score (nSPS) is 23.6. The SMILES string of the molecule is CCOCC(NCC1CCCO1)C(C)C. The van der Waals surface area contributed by atoms with Crippen molar-refractivity contribution in [2.75, 3.05) is 26.4 Å². The van der Waals surface area contributed by atoms with Gasteiger partial charge in [-0.25, -0.2) is 0 Å². The lowest BCUT2D eigenvalue weighted by molar-refractivity contribution is 0.0826. The predicted molar refractivity (Wildman–Crippen MR) is 62.1 cm³/mol. The van der Waals surface area contributed by atoms with Crippen LogP contribution in [0.2, 0.25) is 0 Å². The molecule has 2 unspecified atom stereocenters. The van der Waals surface area contributed by atoms with Crippen molar-refractivity contribution in [1.29, 1.82) is 0 Å². The molecule has 1 heterocycles. The Balaban J connectivity index is 2.17. The first-order valence-corrected chi connectivity index (χ1v) is 6.16. The lowest BCUT2D eigenvalue weighted by atomic mass is 10.1. The number of hydrogen-bond acceptors (Lipinski definition) is 3. The molecule has 3 nitrogen and oxygen atoms in total. The summed E-state index contributed by atoms with van der Waals surface area (Å²) in [5, 5.41) is 3.55. The summed E-state index contributed by atoms with van der Waals surface area (Å²) < 4.78 is 11.1. The summed E-state index contributed by atoms with van der Waals surface area (Å²) in [6.45, 7) is 10.0. The van der Waals surface area contributed by atoms with Crippen molar-refractivity contribution in [2.45, 2.75) is 45.8 Å². The lowest BCUT2D eigenvalue weighted by Gasteiger charge is -2.23. The zero-order valence-corrected chi connectivity index (χ0v) is 10.3. The molecule has 1 aliphatic heterocycles. The van der Waals surface area contributed by atoms with E-state index in [4.69, 9.17) is 9.47 Å². The van der Waals surface area contributed by atoms with E-state index in [0.29, 0.717) is 18.1 Å². The second-order valence-electron chi connectivity index (χ2n) is 4.55. The minimum absolute atomic E-state index is 0.424. The standard InChI is InChI=1S/C12H25NO2/c1-4-14-9-12(10(2)3)13-8-11-6-5-7-15-11/h10-13H,4-9H2,1-3H3. The summed E-state index contributed by atoms with van der Waals surface area (Å²) in [5.74, 6) is 0.609. The Morgan fingerprint density at radius 2 is 2.27 bits per heavy atom. The van der Waals surface area contributed by atoms with E-state index in [2.05, 4.69) is 19.2 Å². The highest BCUT2D eigenvalue weighted by Crippen LogP contribution is 2.11. The number of rotatable bonds is 7. The zero-order chi connectivity index (χ0) is 11.1. The lowest BCUT2D eigenvalue weighted by Crippen LogP contribution is -2.41. The Morgan fingerprint density at radius 1 is 1.47 bits per heavy atom. The summed E-state index contributed by atoms with van der Waals surface area (Å²) in [5.41, 5.74) is 0. The number of hydrogen-bond donors (Lipinski definition) is 1. The van der Waals surface area contributed by atoms with E-state index in [1.165, 1.54) is 12.8 Å². The Hall–Kier alpha value is -0.120. The Kier molecular flexibility index (Phi) is 6.22. The third kappa shape index (κ3) is 4.96. The van der Waals surface area contributed by atoms with Gasteiger partial charge in [0.1, 0.15) is 0 Å². The fourth-order valence-electron chi connectivity index (χ4n) is 1.82. The maximum atomic E-state index is 5.58. The van der Waals surface area contributed by atoms with Crippen LogP contribution in [0.5, 0.6) is 0 Å². The molecule has 0 bridgehead atoms. The monoisotopic (exact) mass is 215 g/mol. The van der Waals surface area contributed by atoms with Crippen LogP contribution in [0.1, 0.15) is 33.6 Å². The molecule has 0 radical (unpaired) electrons. The Labute approximate surface area is 93.5 Å². The molecular formula is C12H25NO2. The van der Waals surface area contributed by atoms with Crippen LogP contribution in [-0.4, -0.2) is 38.5 Å². The average Bonchev–Trinajstić information content (AvgIpc) is 2.70.